The maximum Gasteiger partial charge on any atom is 0.272 e. The summed E-state index contributed by atoms with van der Waals surface area (Å²) in [5.41, 5.74) is 3.36. The molecule has 1 amide bonds. The average Bonchev–Trinajstić information content (AvgIpc) is 2.89. The highest BCUT2D eigenvalue weighted by molar-refractivity contribution is 6.30. The van der Waals surface area contributed by atoms with Crippen LogP contribution in [0.5, 0.6) is 0 Å². The fraction of sp³-hybridized carbons (Fsp3) is 0.286. The molecule has 1 aromatic carbocycles. The van der Waals surface area contributed by atoms with Crippen LogP contribution < -0.4 is 5.32 Å². The number of hydrogen-bond acceptors (Lipinski definition) is 3. The predicted molar refractivity (Wildman–Crippen MR) is 106 cm³/mol. The first-order chi connectivity index (χ1) is 13.2. The standard InChI is InChI=1S/C21H21ClN4O/c22-16-10-8-15(9-11-16)20-25-19(18-7-2-1-5-13-26(18)20)21(27)24-14-17-6-3-4-12-23-17/h3-4,6,8-12H,1-2,5,7,13-14H2,(H,24,27). The lowest BCUT2D eigenvalue weighted by Crippen LogP contribution is -2.25. The Kier molecular flexibility index (Phi) is 5.21. The largest absolute Gasteiger partial charge is 0.345 e. The van der Waals surface area contributed by atoms with Gasteiger partial charge < -0.3 is 9.88 Å². The molecule has 5 nitrogen and oxygen atoms in total. The van der Waals surface area contributed by atoms with Crippen LogP contribution in [-0.4, -0.2) is 20.4 Å². The Labute approximate surface area is 163 Å². The van der Waals surface area contributed by atoms with E-state index in [4.69, 9.17) is 16.6 Å². The number of carbonyl (C=O) groups is 1. The zero-order valence-corrected chi connectivity index (χ0v) is 15.7. The van der Waals surface area contributed by atoms with E-state index < -0.39 is 0 Å². The average molecular weight is 381 g/mol. The van der Waals surface area contributed by atoms with Crippen LogP contribution in [0, 0.1) is 0 Å². The van der Waals surface area contributed by atoms with Crippen LogP contribution >= 0.6 is 11.6 Å². The van der Waals surface area contributed by atoms with Gasteiger partial charge in [0, 0.05) is 23.3 Å². The Bertz CT molecular complexity index is 935. The van der Waals surface area contributed by atoms with Gasteiger partial charge >= 0.3 is 0 Å². The Hall–Kier alpha value is -2.66. The molecule has 0 unspecified atom stereocenters. The van der Waals surface area contributed by atoms with Crippen molar-refractivity contribution in [3.8, 4) is 11.4 Å². The smallest absolute Gasteiger partial charge is 0.272 e. The summed E-state index contributed by atoms with van der Waals surface area (Å²) in [6, 6.07) is 13.3. The van der Waals surface area contributed by atoms with Crippen LogP contribution in [0.3, 0.4) is 0 Å². The van der Waals surface area contributed by atoms with Gasteiger partial charge in [-0.15, -0.1) is 0 Å². The van der Waals surface area contributed by atoms with E-state index in [1.807, 2.05) is 42.5 Å². The lowest BCUT2D eigenvalue weighted by Gasteiger charge is -2.09. The van der Waals surface area contributed by atoms with Gasteiger partial charge in [0.25, 0.3) is 5.91 Å². The first-order valence-electron chi connectivity index (χ1n) is 9.26. The van der Waals surface area contributed by atoms with Gasteiger partial charge in [0.15, 0.2) is 0 Å². The van der Waals surface area contributed by atoms with Crippen molar-refractivity contribution in [3.63, 3.8) is 0 Å². The topological polar surface area (TPSA) is 59.8 Å². The number of nitrogens with zero attached hydrogens (tertiary/aromatic N) is 3. The van der Waals surface area contributed by atoms with Crippen molar-refractivity contribution >= 4 is 17.5 Å². The summed E-state index contributed by atoms with van der Waals surface area (Å²) in [4.78, 5) is 21.9. The summed E-state index contributed by atoms with van der Waals surface area (Å²) in [5.74, 6) is 0.693. The van der Waals surface area contributed by atoms with Gasteiger partial charge in [-0.3, -0.25) is 9.78 Å². The minimum absolute atomic E-state index is 0.147. The molecule has 1 aliphatic heterocycles. The summed E-state index contributed by atoms with van der Waals surface area (Å²) in [6.07, 6.45) is 5.93. The maximum absolute atomic E-state index is 12.9. The normalized spacial score (nSPS) is 13.7. The van der Waals surface area contributed by atoms with E-state index in [1.54, 1.807) is 6.20 Å². The van der Waals surface area contributed by atoms with E-state index in [0.717, 1.165) is 55.0 Å². The van der Waals surface area contributed by atoms with Crippen LogP contribution in [0.15, 0.2) is 48.7 Å². The van der Waals surface area contributed by atoms with Crippen LogP contribution in [0.1, 0.15) is 41.1 Å². The van der Waals surface area contributed by atoms with E-state index >= 15 is 0 Å². The molecular formula is C21H21ClN4O. The Morgan fingerprint density at radius 3 is 2.74 bits per heavy atom. The Morgan fingerprint density at radius 2 is 1.96 bits per heavy atom. The van der Waals surface area contributed by atoms with Crippen molar-refractivity contribution in [2.24, 2.45) is 0 Å². The highest BCUT2D eigenvalue weighted by Crippen LogP contribution is 2.28. The second kappa shape index (κ2) is 7.92. The highest BCUT2D eigenvalue weighted by atomic mass is 35.5. The SMILES string of the molecule is O=C(NCc1ccccn1)c1nc(-c2ccc(Cl)cc2)n2c1CCCCC2. The van der Waals surface area contributed by atoms with Gasteiger partial charge in [-0.25, -0.2) is 4.98 Å². The number of hydrogen-bond donors (Lipinski definition) is 1. The molecule has 1 N–H and O–H groups in total. The molecule has 0 radical (unpaired) electrons. The third-order valence-electron chi connectivity index (χ3n) is 4.84. The fourth-order valence-electron chi connectivity index (χ4n) is 3.48. The molecule has 2 aromatic heterocycles. The number of rotatable bonds is 4. The highest BCUT2D eigenvalue weighted by Gasteiger charge is 2.24. The van der Waals surface area contributed by atoms with Crippen LogP contribution in [0.2, 0.25) is 5.02 Å². The number of nitrogens with one attached hydrogen (secondary N) is 1. The zero-order valence-electron chi connectivity index (χ0n) is 15.0. The summed E-state index contributed by atoms with van der Waals surface area (Å²) in [7, 11) is 0. The number of benzene rings is 1. The maximum atomic E-state index is 12.9. The zero-order chi connectivity index (χ0) is 18.6. The quantitative estimate of drug-likeness (QED) is 0.735. The summed E-state index contributed by atoms with van der Waals surface area (Å²) in [6.45, 7) is 1.27. The second-order valence-corrected chi connectivity index (χ2v) is 7.14. The van der Waals surface area contributed by atoms with Crippen molar-refractivity contribution in [2.75, 3.05) is 0 Å². The van der Waals surface area contributed by atoms with Crippen LogP contribution in [0.25, 0.3) is 11.4 Å². The summed E-state index contributed by atoms with van der Waals surface area (Å²) in [5, 5.41) is 3.65. The molecule has 3 aromatic rings. The number of imidazole rings is 1. The number of amides is 1. The molecule has 3 heterocycles. The summed E-state index contributed by atoms with van der Waals surface area (Å²) < 4.78 is 2.20. The number of fused-ring (bicyclic) bond motifs is 1. The van der Waals surface area contributed by atoms with Crippen molar-refractivity contribution in [2.45, 2.75) is 38.8 Å². The van der Waals surface area contributed by atoms with E-state index in [0.29, 0.717) is 17.3 Å². The first kappa shape index (κ1) is 17.7. The first-order valence-corrected chi connectivity index (χ1v) is 9.63. The molecule has 0 bridgehead atoms. The number of carbonyl (C=O) groups excluding carboxylic acids is 1. The fourth-order valence-corrected chi connectivity index (χ4v) is 3.60. The van der Waals surface area contributed by atoms with Gasteiger partial charge in [-0.05, 0) is 55.7 Å². The number of aromatic nitrogens is 3. The molecular weight excluding hydrogens is 360 g/mol. The molecule has 1 aliphatic rings. The third kappa shape index (κ3) is 3.88. The second-order valence-electron chi connectivity index (χ2n) is 6.70. The molecule has 6 heteroatoms. The van der Waals surface area contributed by atoms with Crippen LogP contribution in [-0.2, 0) is 19.5 Å². The van der Waals surface area contributed by atoms with E-state index in [1.165, 1.54) is 0 Å². The van der Waals surface area contributed by atoms with Crippen molar-refractivity contribution in [1.82, 2.24) is 19.9 Å². The van der Waals surface area contributed by atoms with Crippen LogP contribution in [0.4, 0.5) is 0 Å². The molecule has 138 valence electrons. The third-order valence-corrected chi connectivity index (χ3v) is 5.09. The molecule has 0 saturated carbocycles. The minimum Gasteiger partial charge on any atom is -0.345 e. The van der Waals surface area contributed by atoms with E-state index in [2.05, 4.69) is 14.9 Å². The van der Waals surface area contributed by atoms with Gasteiger partial charge in [0.1, 0.15) is 11.5 Å². The van der Waals surface area contributed by atoms with Gasteiger partial charge in [-0.2, -0.15) is 0 Å². The lowest BCUT2D eigenvalue weighted by atomic mass is 10.1. The number of halogens is 1. The Balaban J connectivity index is 1.65. The van der Waals surface area contributed by atoms with Gasteiger partial charge in [0.2, 0.25) is 0 Å². The summed E-state index contributed by atoms with van der Waals surface area (Å²) >= 11 is 6.03. The van der Waals surface area contributed by atoms with Crippen molar-refractivity contribution in [3.05, 3.63) is 70.8 Å². The predicted octanol–water partition coefficient (Wildman–Crippen LogP) is 4.25. The van der Waals surface area contributed by atoms with Gasteiger partial charge in [-0.1, -0.05) is 24.1 Å². The monoisotopic (exact) mass is 380 g/mol. The minimum atomic E-state index is -0.147. The van der Waals surface area contributed by atoms with Crippen molar-refractivity contribution < 1.29 is 4.79 Å². The molecule has 0 aliphatic carbocycles. The van der Waals surface area contributed by atoms with E-state index in [-0.39, 0.29) is 5.91 Å². The van der Waals surface area contributed by atoms with E-state index in [9.17, 15) is 4.79 Å². The van der Waals surface area contributed by atoms with Gasteiger partial charge in [0.05, 0.1) is 17.9 Å². The molecule has 4 rings (SSSR count). The lowest BCUT2D eigenvalue weighted by molar-refractivity contribution is 0.0944. The Morgan fingerprint density at radius 1 is 1.11 bits per heavy atom. The van der Waals surface area contributed by atoms with Crippen molar-refractivity contribution in [1.29, 1.82) is 0 Å². The molecule has 27 heavy (non-hydrogen) atoms. The number of pyridine rings is 1. The molecule has 0 saturated heterocycles. The molecule has 0 atom stereocenters. The molecule has 0 fully saturated rings. The molecule has 0 spiro atoms.